The summed E-state index contributed by atoms with van der Waals surface area (Å²) in [5.74, 6) is 0.750. The third kappa shape index (κ3) is 5.70. The van der Waals surface area contributed by atoms with Gasteiger partial charge in [-0.05, 0) is 45.0 Å². The van der Waals surface area contributed by atoms with E-state index in [1.807, 2.05) is 45.0 Å². The van der Waals surface area contributed by atoms with E-state index in [4.69, 9.17) is 9.47 Å². The molecule has 1 rings (SSSR count). The predicted molar refractivity (Wildman–Crippen MR) is 93.7 cm³/mol. The Morgan fingerprint density at radius 1 is 1.13 bits per heavy atom. The van der Waals surface area contributed by atoms with E-state index in [0.29, 0.717) is 13.1 Å². The second-order valence-corrected chi connectivity index (χ2v) is 5.92. The summed E-state index contributed by atoms with van der Waals surface area (Å²) in [6, 6.07) is 7.44. The molecule has 0 N–H and O–H groups in total. The minimum Gasteiger partial charge on any atom is -0.497 e. The fourth-order valence-electron chi connectivity index (χ4n) is 1.93. The first kappa shape index (κ1) is 18.6. The first-order valence-corrected chi connectivity index (χ1v) is 7.46. The lowest BCUT2D eigenvalue weighted by Crippen LogP contribution is -2.49. The van der Waals surface area contributed by atoms with E-state index in [1.165, 1.54) is 5.01 Å². The summed E-state index contributed by atoms with van der Waals surface area (Å²) in [6.07, 6.45) is 2.95. The number of carbonyl (C=O) groups excluding carboxylic acids is 1. The zero-order valence-electron chi connectivity index (χ0n) is 14.4. The highest BCUT2D eigenvalue weighted by Crippen LogP contribution is 2.22. The van der Waals surface area contributed by atoms with E-state index < -0.39 is 11.7 Å². The second kappa shape index (κ2) is 8.27. The molecule has 0 spiro atoms. The number of hydrazine groups is 1. The number of nitrogens with zero attached hydrogens (tertiary/aromatic N) is 2. The maximum Gasteiger partial charge on any atom is 0.429 e. The van der Waals surface area contributed by atoms with Gasteiger partial charge in [0.1, 0.15) is 11.4 Å². The van der Waals surface area contributed by atoms with Crippen LogP contribution < -0.4 is 9.75 Å². The number of hydrogen-bond acceptors (Lipinski definition) is 4. The maximum atomic E-state index is 12.5. The van der Waals surface area contributed by atoms with Crippen LogP contribution in [0.4, 0.5) is 10.5 Å². The van der Waals surface area contributed by atoms with Gasteiger partial charge in [-0.3, -0.25) is 5.01 Å². The van der Waals surface area contributed by atoms with E-state index in [9.17, 15) is 4.79 Å². The van der Waals surface area contributed by atoms with Crippen molar-refractivity contribution >= 4 is 11.8 Å². The van der Waals surface area contributed by atoms with E-state index in [0.717, 1.165) is 11.4 Å². The molecule has 1 aromatic carbocycles. The zero-order valence-corrected chi connectivity index (χ0v) is 14.4. The number of carbonyl (C=O) groups is 1. The van der Waals surface area contributed by atoms with E-state index in [-0.39, 0.29) is 0 Å². The molecule has 0 aromatic heterocycles. The molecule has 0 saturated carbocycles. The lowest BCUT2D eigenvalue weighted by atomic mass is 10.2. The molecular weight excluding hydrogens is 292 g/mol. The van der Waals surface area contributed by atoms with Crippen LogP contribution >= 0.6 is 0 Å². The Labute approximate surface area is 138 Å². The Morgan fingerprint density at radius 2 is 1.70 bits per heavy atom. The van der Waals surface area contributed by atoms with Crippen LogP contribution in [0.5, 0.6) is 5.75 Å². The Kier molecular flexibility index (Phi) is 6.69. The summed E-state index contributed by atoms with van der Waals surface area (Å²) in [4.78, 5) is 12.5. The Morgan fingerprint density at radius 3 is 2.13 bits per heavy atom. The van der Waals surface area contributed by atoms with Crippen molar-refractivity contribution in [2.24, 2.45) is 0 Å². The molecule has 5 heteroatoms. The normalized spacial score (nSPS) is 10.6. The summed E-state index contributed by atoms with van der Waals surface area (Å²) in [5.41, 5.74) is 0.259. The summed E-state index contributed by atoms with van der Waals surface area (Å²) >= 11 is 0. The molecule has 0 aliphatic carbocycles. The Hall–Kier alpha value is -2.43. The van der Waals surface area contributed by atoms with Gasteiger partial charge in [0.2, 0.25) is 0 Å². The minimum atomic E-state index is -0.573. The molecule has 0 radical (unpaired) electrons. The second-order valence-electron chi connectivity index (χ2n) is 5.92. The van der Waals surface area contributed by atoms with Crippen molar-refractivity contribution in [3.05, 3.63) is 49.6 Å². The number of amides is 1. The van der Waals surface area contributed by atoms with Gasteiger partial charge in [-0.25, -0.2) is 9.80 Å². The van der Waals surface area contributed by atoms with Crippen molar-refractivity contribution in [2.45, 2.75) is 26.4 Å². The van der Waals surface area contributed by atoms with Crippen LogP contribution in [0.2, 0.25) is 0 Å². The minimum absolute atomic E-state index is 0.328. The van der Waals surface area contributed by atoms with Crippen LogP contribution in [0.25, 0.3) is 0 Å². The monoisotopic (exact) mass is 318 g/mol. The van der Waals surface area contributed by atoms with Crippen LogP contribution in [-0.2, 0) is 4.74 Å². The van der Waals surface area contributed by atoms with Crippen LogP contribution in [0.15, 0.2) is 49.6 Å². The molecule has 0 aliphatic rings. The van der Waals surface area contributed by atoms with Gasteiger partial charge in [0.05, 0.1) is 25.9 Å². The number of ether oxygens (including phenoxy) is 2. The van der Waals surface area contributed by atoms with E-state index >= 15 is 0 Å². The van der Waals surface area contributed by atoms with Crippen molar-refractivity contribution in [1.82, 2.24) is 5.01 Å². The highest BCUT2D eigenvalue weighted by Gasteiger charge is 2.26. The molecule has 5 nitrogen and oxygen atoms in total. The first-order valence-electron chi connectivity index (χ1n) is 7.46. The fraction of sp³-hybridized carbons (Fsp3) is 0.389. The summed E-state index contributed by atoms with van der Waals surface area (Å²) in [6.45, 7) is 13.8. The molecule has 0 bridgehead atoms. The average molecular weight is 318 g/mol. The summed E-state index contributed by atoms with van der Waals surface area (Å²) < 4.78 is 10.7. The van der Waals surface area contributed by atoms with Gasteiger partial charge in [-0.1, -0.05) is 12.2 Å². The molecule has 0 unspecified atom stereocenters. The lowest BCUT2D eigenvalue weighted by molar-refractivity contribution is 0.0253. The molecule has 0 fully saturated rings. The molecule has 23 heavy (non-hydrogen) atoms. The highest BCUT2D eigenvalue weighted by atomic mass is 16.6. The van der Waals surface area contributed by atoms with Crippen molar-refractivity contribution in [2.75, 3.05) is 25.2 Å². The quantitative estimate of drug-likeness (QED) is 0.562. The van der Waals surface area contributed by atoms with Gasteiger partial charge in [0, 0.05) is 0 Å². The largest absolute Gasteiger partial charge is 0.497 e. The average Bonchev–Trinajstić information content (AvgIpc) is 2.49. The molecule has 126 valence electrons. The molecule has 1 amide bonds. The van der Waals surface area contributed by atoms with Crippen molar-refractivity contribution < 1.29 is 14.3 Å². The maximum absolute atomic E-state index is 12.5. The lowest BCUT2D eigenvalue weighted by Gasteiger charge is -2.36. The van der Waals surface area contributed by atoms with Crippen molar-refractivity contribution in [3.63, 3.8) is 0 Å². The highest BCUT2D eigenvalue weighted by molar-refractivity contribution is 5.71. The molecule has 0 saturated heterocycles. The number of anilines is 1. The summed E-state index contributed by atoms with van der Waals surface area (Å²) in [7, 11) is 1.61. The van der Waals surface area contributed by atoms with Gasteiger partial charge in [0.25, 0.3) is 0 Å². The van der Waals surface area contributed by atoms with Crippen LogP contribution in [0, 0.1) is 0 Å². The van der Waals surface area contributed by atoms with Gasteiger partial charge in [-0.2, -0.15) is 0 Å². The molecule has 0 atom stereocenters. The Bertz CT molecular complexity index is 532. The summed E-state index contributed by atoms with van der Waals surface area (Å²) in [5, 5.41) is 3.30. The third-order valence-corrected chi connectivity index (χ3v) is 2.87. The first-order chi connectivity index (χ1) is 10.8. The van der Waals surface area contributed by atoms with Crippen LogP contribution in [0.3, 0.4) is 0 Å². The van der Waals surface area contributed by atoms with E-state index in [2.05, 4.69) is 13.2 Å². The number of hydrogen-bond donors (Lipinski definition) is 0. The predicted octanol–water partition coefficient (Wildman–Crippen LogP) is 4.03. The fourth-order valence-corrected chi connectivity index (χ4v) is 1.93. The molecular formula is C18H26N2O3. The zero-order chi connectivity index (χ0) is 17.5. The molecule has 0 heterocycles. The topological polar surface area (TPSA) is 42.0 Å². The standard InChI is InChI=1S/C18H26N2O3/c1-7-13-19(15-9-11-16(22-6)12-10-15)20(14-8-2)17(21)23-18(3,4)5/h7-12H,1-2,13-14H2,3-6H3. The number of benzene rings is 1. The number of methoxy groups -OCH3 is 1. The molecule has 1 aromatic rings. The van der Waals surface area contributed by atoms with Gasteiger partial charge in [-0.15, -0.1) is 13.2 Å². The molecule has 0 aliphatic heterocycles. The van der Waals surface area contributed by atoms with Crippen molar-refractivity contribution in [1.29, 1.82) is 0 Å². The van der Waals surface area contributed by atoms with Crippen molar-refractivity contribution in [3.8, 4) is 5.75 Å². The smallest absolute Gasteiger partial charge is 0.429 e. The van der Waals surface area contributed by atoms with Gasteiger partial charge >= 0.3 is 6.09 Å². The number of rotatable bonds is 7. The van der Waals surface area contributed by atoms with Crippen LogP contribution in [0.1, 0.15) is 20.8 Å². The third-order valence-electron chi connectivity index (χ3n) is 2.87. The Balaban J connectivity index is 3.11. The van der Waals surface area contributed by atoms with Gasteiger partial charge < -0.3 is 9.47 Å². The SMILES string of the molecule is C=CCN(C(=O)OC(C)(C)C)N(CC=C)c1ccc(OC)cc1. The van der Waals surface area contributed by atoms with E-state index in [1.54, 1.807) is 24.3 Å². The van der Waals surface area contributed by atoms with Gasteiger partial charge in [0.15, 0.2) is 0 Å². The van der Waals surface area contributed by atoms with Crippen LogP contribution in [-0.4, -0.2) is 36.9 Å².